The maximum atomic E-state index is 12.7. The summed E-state index contributed by atoms with van der Waals surface area (Å²) in [6.45, 7) is 1.58. The Kier molecular flexibility index (Phi) is 3.70. The fraction of sp³-hybridized carbons (Fsp3) is 0.400. The number of halogens is 4. The summed E-state index contributed by atoms with van der Waals surface area (Å²) in [6.07, 6.45) is -4.51. The van der Waals surface area contributed by atoms with Crippen molar-refractivity contribution in [3.8, 4) is 5.75 Å². The molecule has 0 radical (unpaired) electrons. The van der Waals surface area contributed by atoms with Crippen molar-refractivity contribution < 1.29 is 17.9 Å². The van der Waals surface area contributed by atoms with E-state index in [1.165, 1.54) is 6.07 Å². The summed E-state index contributed by atoms with van der Waals surface area (Å²) in [7, 11) is 1.14. The molecule has 0 heterocycles. The highest BCUT2D eigenvalue weighted by atomic mass is 35.5. The van der Waals surface area contributed by atoms with Gasteiger partial charge in [0.15, 0.2) is 0 Å². The molecule has 2 nitrogen and oxygen atoms in total. The first-order valence-corrected chi connectivity index (χ1v) is 4.85. The molecule has 16 heavy (non-hydrogen) atoms. The van der Waals surface area contributed by atoms with Crippen LogP contribution in [0.15, 0.2) is 12.1 Å². The first kappa shape index (κ1) is 13.1. The van der Waals surface area contributed by atoms with E-state index in [-0.39, 0.29) is 10.8 Å². The lowest BCUT2D eigenvalue weighted by molar-refractivity contribution is -0.138. The van der Waals surface area contributed by atoms with Crippen LogP contribution in [0, 0.1) is 0 Å². The Morgan fingerprint density at radius 1 is 1.38 bits per heavy atom. The van der Waals surface area contributed by atoms with Crippen molar-refractivity contribution in [2.45, 2.75) is 19.1 Å². The Bertz CT molecular complexity index is 390. The molecule has 0 bridgehead atoms. The van der Waals surface area contributed by atoms with E-state index in [0.717, 1.165) is 13.2 Å². The zero-order chi connectivity index (χ0) is 12.5. The summed E-state index contributed by atoms with van der Waals surface area (Å²) in [6, 6.07) is 1.81. The van der Waals surface area contributed by atoms with Crippen LogP contribution in [-0.4, -0.2) is 7.11 Å². The zero-order valence-electron chi connectivity index (χ0n) is 8.73. The third-order valence-electron chi connectivity index (χ3n) is 2.10. The number of nitrogens with two attached hydrogens (primary N) is 1. The molecule has 90 valence electrons. The van der Waals surface area contributed by atoms with Gasteiger partial charge in [-0.15, -0.1) is 0 Å². The molecule has 0 fully saturated rings. The molecule has 1 unspecified atom stereocenters. The van der Waals surface area contributed by atoms with E-state index in [0.29, 0.717) is 5.56 Å². The van der Waals surface area contributed by atoms with E-state index in [9.17, 15) is 13.2 Å². The van der Waals surface area contributed by atoms with Crippen molar-refractivity contribution in [3.05, 3.63) is 28.3 Å². The van der Waals surface area contributed by atoms with Gasteiger partial charge in [0, 0.05) is 6.04 Å². The van der Waals surface area contributed by atoms with Crippen molar-refractivity contribution in [2.24, 2.45) is 5.73 Å². The second kappa shape index (κ2) is 4.51. The van der Waals surface area contributed by atoms with Crippen LogP contribution >= 0.6 is 11.6 Å². The molecule has 2 N–H and O–H groups in total. The van der Waals surface area contributed by atoms with Gasteiger partial charge in [-0.2, -0.15) is 13.2 Å². The van der Waals surface area contributed by atoms with E-state index in [1.807, 2.05) is 0 Å². The minimum atomic E-state index is -4.51. The van der Waals surface area contributed by atoms with Crippen LogP contribution in [0.4, 0.5) is 13.2 Å². The number of benzene rings is 1. The van der Waals surface area contributed by atoms with Crippen LogP contribution in [-0.2, 0) is 6.18 Å². The molecule has 1 rings (SSSR count). The van der Waals surface area contributed by atoms with E-state index in [4.69, 9.17) is 17.3 Å². The molecule has 1 aromatic rings. The van der Waals surface area contributed by atoms with Gasteiger partial charge in [0.05, 0.1) is 17.7 Å². The molecule has 0 saturated heterocycles. The van der Waals surface area contributed by atoms with Crippen LogP contribution in [0.5, 0.6) is 5.75 Å². The lowest BCUT2D eigenvalue weighted by atomic mass is 10.0. The highest BCUT2D eigenvalue weighted by Gasteiger charge is 2.36. The first-order chi connectivity index (χ1) is 7.27. The summed E-state index contributed by atoms with van der Waals surface area (Å²) < 4.78 is 42.7. The van der Waals surface area contributed by atoms with Crippen LogP contribution in [0.3, 0.4) is 0 Å². The highest BCUT2D eigenvalue weighted by molar-refractivity contribution is 6.32. The molecule has 0 aromatic heterocycles. The summed E-state index contributed by atoms with van der Waals surface area (Å²) in [5, 5.41) is -0.0929. The Balaban J connectivity index is 3.43. The Morgan fingerprint density at radius 2 is 1.94 bits per heavy atom. The Hall–Kier alpha value is -0.940. The maximum absolute atomic E-state index is 12.7. The standard InChI is InChI=1S/C10H11ClF3NO/c1-5(15)6-3-7(10(12,13)14)9(16-2)8(11)4-6/h3-5H,15H2,1-2H3. The number of ether oxygens (including phenoxy) is 1. The van der Waals surface area contributed by atoms with Gasteiger partial charge in [-0.1, -0.05) is 11.6 Å². The molecule has 0 aliphatic carbocycles. The highest BCUT2D eigenvalue weighted by Crippen LogP contribution is 2.41. The van der Waals surface area contributed by atoms with Gasteiger partial charge in [-0.25, -0.2) is 0 Å². The lowest BCUT2D eigenvalue weighted by Gasteiger charge is -2.16. The molecule has 0 spiro atoms. The van der Waals surface area contributed by atoms with Crippen molar-refractivity contribution in [1.29, 1.82) is 0 Å². The lowest BCUT2D eigenvalue weighted by Crippen LogP contribution is -2.12. The average Bonchev–Trinajstić information content (AvgIpc) is 2.14. The fourth-order valence-corrected chi connectivity index (χ4v) is 1.60. The Morgan fingerprint density at radius 3 is 2.31 bits per heavy atom. The summed E-state index contributed by atoms with van der Waals surface area (Å²) >= 11 is 5.70. The molecule has 6 heteroatoms. The third kappa shape index (κ3) is 2.59. The van der Waals surface area contributed by atoms with E-state index >= 15 is 0 Å². The molecular weight excluding hydrogens is 243 g/mol. The molecular formula is C10H11ClF3NO. The third-order valence-corrected chi connectivity index (χ3v) is 2.38. The van der Waals surface area contributed by atoms with Gasteiger partial charge in [-0.3, -0.25) is 0 Å². The summed E-state index contributed by atoms with van der Waals surface area (Å²) in [4.78, 5) is 0. The Labute approximate surface area is 96.1 Å². The number of hydrogen-bond donors (Lipinski definition) is 1. The fourth-order valence-electron chi connectivity index (χ4n) is 1.30. The zero-order valence-corrected chi connectivity index (χ0v) is 9.49. The minimum Gasteiger partial charge on any atom is -0.495 e. The van der Waals surface area contributed by atoms with Gasteiger partial charge in [0.25, 0.3) is 0 Å². The number of hydrogen-bond acceptors (Lipinski definition) is 2. The molecule has 0 saturated carbocycles. The quantitative estimate of drug-likeness (QED) is 0.877. The number of rotatable bonds is 2. The minimum absolute atomic E-state index is 0.0929. The summed E-state index contributed by atoms with van der Waals surface area (Å²) in [5.74, 6) is -0.376. The first-order valence-electron chi connectivity index (χ1n) is 4.47. The van der Waals surface area contributed by atoms with E-state index in [2.05, 4.69) is 4.74 Å². The normalized spacial score (nSPS) is 13.7. The van der Waals surface area contributed by atoms with E-state index < -0.39 is 17.8 Å². The molecule has 0 aliphatic heterocycles. The smallest absolute Gasteiger partial charge is 0.420 e. The van der Waals surface area contributed by atoms with Gasteiger partial charge >= 0.3 is 6.18 Å². The second-order valence-electron chi connectivity index (χ2n) is 3.37. The SMILES string of the molecule is COc1c(Cl)cc(C(C)N)cc1C(F)(F)F. The van der Waals surface area contributed by atoms with Crippen LogP contribution in [0.1, 0.15) is 24.1 Å². The molecule has 0 aliphatic rings. The van der Waals surface area contributed by atoms with Gasteiger partial charge < -0.3 is 10.5 Å². The van der Waals surface area contributed by atoms with Crippen LogP contribution in [0.2, 0.25) is 5.02 Å². The van der Waals surface area contributed by atoms with Gasteiger partial charge in [-0.05, 0) is 24.6 Å². The van der Waals surface area contributed by atoms with E-state index in [1.54, 1.807) is 6.92 Å². The van der Waals surface area contributed by atoms with Gasteiger partial charge in [0.2, 0.25) is 0 Å². The van der Waals surface area contributed by atoms with Crippen molar-refractivity contribution in [2.75, 3.05) is 7.11 Å². The molecule has 0 amide bonds. The monoisotopic (exact) mass is 253 g/mol. The molecule has 1 aromatic carbocycles. The predicted molar refractivity (Wildman–Crippen MR) is 55.6 cm³/mol. The predicted octanol–water partition coefficient (Wildman–Crippen LogP) is 3.39. The van der Waals surface area contributed by atoms with Crippen molar-refractivity contribution >= 4 is 11.6 Å². The molecule has 1 atom stereocenters. The van der Waals surface area contributed by atoms with Crippen molar-refractivity contribution in [1.82, 2.24) is 0 Å². The van der Waals surface area contributed by atoms with Crippen molar-refractivity contribution in [3.63, 3.8) is 0 Å². The number of methoxy groups -OCH3 is 1. The second-order valence-corrected chi connectivity index (χ2v) is 3.78. The number of alkyl halides is 3. The van der Waals surface area contributed by atoms with Crippen LogP contribution < -0.4 is 10.5 Å². The largest absolute Gasteiger partial charge is 0.495 e. The van der Waals surface area contributed by atoms with Gasteiger partial charge in [0.1, 0.15) is 5.75 Å². The summed E-state index contributed by atoms with van der Waals surface area (Å²) in [5.41, 5.74) is 4.93. The van der Waals surface area contributed by atoms with Crippen LogP contribution in [0.25, 0.3) is 0 Å². The average molecular weight is 254 g/mol. The maximum Gasteiger partial charge on any atom is 0.420 e. The topological polar surface area (TPSA) is 35.2 Å².